The molecule has 1 aromatic carbocycles. The molecule has 0 N–H and O–H groups in total. The summed E-state index contributed by atoms with van der Waals surface area (Å²) in [6.45, 7) is 3.52. The van der Waals surface area contributed by atoms with Gasteiger partial charge in [0.2, 0.25) is 5.95 Å². The van der Waals surface area contributed by atoms with Gasteiger partial charge in [-0.2, -0.15) is 4.98 Å². The Kier molecular flexibility index (Phi) is 4.46. The Bertz CT molecular complexity index is 1260. The average Bonchev–Trinajstić information content (AvgIpc) is 3.60. The maximum atomic E-state index is 13.4. The van der Waals surface area contributed by atoms with Crippen LogP contribution in [0, 0.1) is 5.82 Å². The first-order valence-corrected chi connectivity index (χ1v) is 10.7. The van der Waals surface area contributed by atoms with Crippen LogP contribution in [0.5, 0.6) is 0 Å². The zero-order chi connectivity index (χ0) is 21.7. The van der Waals surface area contributed by atoms with Gasteiger partial charge in [-0.1, -0.05) is 6.92 Å². The third-order valence-electron chi connectivity index (χ3n) is 6.09. The normalized spacial score (nSPS) is 19.8. The van der Waals surface area contributed by atoms with Gasteiger partial charge in [0.25, 0.3) is 0 Å². The summed E-state index contributed by atoms with van der Waals surface area (Å²) in [4.78, 5) is 16.4. The monoisotopic (exact) mass is 432 g/mol. The second-order valence-electron chi connectivity index (χ2n) is 7.91. The van der Waals surface area contributed by atoms with Crippen LogP contribution in [0.25, 0.3) is 23.0 Å². The molecule has 0 bridgehead atoms. The Morgan fingerprint density at radius 1 is 1.16 bits per heavy atom. The van der Waals surface area contributed by atoms with E-state index in [0.717, 1.165) is 42.3 Å². The predicted octanol–water partition coefficient (Wildman–Crippen LogP) is 3.11. The topological polar surface area (TPSA) is 86.8 Å². The van der Waals surface area contributed by atoms with Gasteiger partial charge in [0, 0.05) is 24.6 Å². The second-order valence-corrected chi connectivity index (χ2v) is 7.91. The van der Waals surface area contributed by atoms with E-state index in [1.54, 1.807) is 30.9 Å². The minimum atomic E-state index is -0.290. The van der Waals surface area contributed by atoms with Crippen molar-refractivity contribution in [2.75, 3.05) is 18.1 Å². The summed E-state index contributed by atoms with van der Waals surface area (Å²) in [6, 6.07) is 6.48. The molecule has 3 aromatic heterocycles. The molecule has 5 heterocycles. The third kappa shape index (κ3) is 2.90. The summed E-state index contributed by atoms with van der Waals surface area (Å²) in [5.41, 5.74) is 1.63. The van der Waals surface area contributed by atoms with E-state index in [-0.39, 0.29) is 17.9 Å². The molecule has 1 fully saturated rings. The maximum Gasteiger partial charge on any atom is 0.237 e. The minimum absolute atomic E-state index is 0.0406. The molecule has 162 valence electrons. The molecule has 2 aliphatic heterocycles. The van der Waals surface area contributed by atoms with E-state index in [4.69, 9.17) is 9.72 Å². The average molecular weight is 432 g/mol. The maximum absolute atomic E-state index is 13.4. The molecule has 1 unspecified atom stereocenters. The van der Waals surface area contributed by atoms with Gasteiger partial charge < -0.3 is 9.64 Å². The van der Waals surface area contributed by atoms with Gasteiger partial charge in [-0.25, -0.2) is 14.4 Å². The van der Waals surface area contributed by atoms with E-state index in [1.807, 2.05) is 15.3 Å². The molecule has 0 amide bonds. The van der Waals surface area contributed by atoms with E-state index >= 15 is 0 Å². The van der Waals surface area contributed by atoms with E-state index < -0.39 is 0 Å². The number of ether oxygens (including phenoxy) is 1. The molecule has 10 heteroatoms. The van der Waals surface area contributed by atoms with Crippen LogP contribution in [0.1, 0.15) is 31.6 Å². The summed E-state index contributed by atoms with van der Waals surface area (Å²) < 4.78 is 22.9. The minimum Gasteiger partial charge on any atom is -0.379 e. The molecule has 0 spiro atoms. The van der Waals surface area contributed by atoms with Crippen LogP contribution in [0.3, 0.4) is 0 Å². The zero-order valence-corrected chi connectivity index (χ0v) is 17.5. The molecular formula is C22H21FN8O. The van der Waals surface area contributed by atoms with Gasteiger partial charge in [0.1, 0.15) is 23.7 Å². The van der Waals surface area contributed by atoms with Gasteiger partial charge >= 0.3 is 0 Å². The van der Waals surface area contributed by atoms with Crippen LogP contribution in [0.4, 0.5) is 10.2 Å². The quantitative estimate of drug-likeness (QED) is 0.490. The summed E-state index contributed by atoms with van der Waals surface area (Å²) in [7, 11) is 0. The molecule has 0 saturated carbocycles. The van der Waals surface area contributed by atoms with Crippen molar-refractivity contribution in [3.05, 3.63) is 60.8 Å². The zero-order valence-electron chi connectivity index (χ0n) is 17.5. The number of halogens is 1. The van der Waals surface area contributed by atoms with Crippen molar-refractivity contribution in [3.63, 3.8) is 0 Å². The number of benzene rings is 1. The highest BCUT2D eigenvalue weighted by Gasteiger charge is 2.39. The Labute approximate surface area is 183 Å². The van der Waals surface area contributed by atoms with Gasteiger partial charge in [0.15, 0.2) is 11.6 Å². The first-order chi connectivity index (χ1) is 15.7. The number of hydrogen-bond donors (Lipinski definition) is 0. The lowest BCUT2D eigenvalue weighted by molar-refractivity contribution is 0.191. The Hall–Kier alpha value is -3.66. The third-order valence-corrected chi connectivity index (χ3v) is 6.09. The number of hydrogen-bond acceptors (Lipinski definition) is 7. The molecule has 2 atom stereocenters. The van der Waals surface area contributed by atoms with Gasteiger partial charge in [0.05, 0.1) is 24.9 Å². The number of rotatable bonds is 4. The van der Waals surface area contributed by atoms with E-state index in [9.17, 15) is 4.39 Å². The van der Waals surface area contributed by atoms with Crippen molar-refractivity contribution in [2.45, 2.75) is 31.8 Å². The molecule has 4 aromatic rings. The van der Waals surface area contributed by atoms with Crippen molar-refractivity contribution < 1.29 is 9.13 Å². The van der Waals surface area contributed by atoms with Crippen LogP contribution in [0.15, 0.2) is 49.2 Å². The standard InChI is InChI=1S/C22H21FN8O/c1-2-17-21-28-26-13-30(21)18-11-25-22(27-20(18)31(17)16-7-10-32-12-16)29-9-8-24-19(29)14-3-5-15(23)6-4-14/h3-6,8-9,11,13,16-17H,2,7,10,12H2,1H3/t16?,17-/m1/s1. The van der Waals surface area contributed by atoms with Crippen LogP contribution >= 0.6 is 0 Å². The van der Waals surface area contributed by atoms with Crippen LogP contribution in [-0.2, 0) is 4.74 Å². The number of imidazole rings is 1. The molecule has 1 saturated heterocycles. The van der Waals surface area contributed by atoms with Crippen molar-refractivity contribution >= 4 is 5.82 Å². The predicted molar refractivity (Wildman–Crippen MR) is 114 cm³/mol. The molecule has 32 heavy (non-hydrogen) atoms. The van der Waals surface area contributed by atoms with Gasteiger partial charge in [-0.15, -0.1) is 10.2 Å². The molecule has 2 aliphatic rings. The van der Waals surface area contributed by atoms with Crippen molar-refractivity contribution in [1.82, 2.24) is 34.3 Å². The molecule has 0 radical (unpaired) electrons. The molecule has 9 nitrogen and oxygen atoms in total. The first kappa shape index (κ1) is 19.1. The largest absolute Gasteiger partial charge is 0.379 e. The number of fused-ring (bicyclic) bond motifs is 3. The number of nitrogens with zero attached hydrogens (tertiary/aromatic N) is 8. The molecular weight excluding hydrogens is 411 g/mol. The van der Waals surface area contributed by atoms with Crippen molar-refractivity contribution in [3.8, 4) is 23.0 Å². The van der Waals surface area contributed by atoms with E-state index in [1.165, 1.54) is 12.1 Å². The number of anilines is 1. The van der Waals surface area contributed by atoms with Crippen molar-refractivity contribution in [2.24, 2.45) is 0 Å². The summed E-state index contributed by atoms with van der Waals surface area (Å²) in [6.07, 6.45) is 8.80. The highest BCUT2D eigenvalue weighted by Crippen LogP contribution is 2.40. The highest BCUT2D eigenvalue weighted by atomic mass is 19.1. The highest BCUT2D eigenvalue weighted by molar-refractivity contribution is 5.64. The van der Waals surface area contributed by atoms with Crippen LogP contribution < -0.4 is 4.90 Å². The fraction of sp³-hybridized carbons (Fsp3) is 0.318. The Balaban J connectivity index is 1.50. The van der Waals surface area contributed by atoms with E-state index in [2.05, 4.69) is 32.0 Å². The molecule has 6 rings (SSSR count). The fourth-order valence-electron chi connectivity index (χ4n) is 4.59. The lowest BCUT2D eigenvalue weighted by Gasteiger charge is -2.40. The smallest absolute Gasteiger partial charge is 0.237 e. The van der Waals surface area contributed by atoms with Crippen LogP contribution in [-0.4, -0.2) is 53.5 Å². The second kappa shape index (κ2) is 7.49. The lowest BCUT2D eigenvalue weighted by Crippen LogP contribution is -2.43. The van der Waals surface area contributed by atoms with Gasteiger partial charge in [-0.05, 0) is 37.1 Å². The Morgan fingerprint density at radius 3 is 2.81 bits per heavy atom. The summed E-state index contributed by atoms with van der Waals surface area (Å²) in [5.74, 6) is 2.56. The van der Waals surface area contributed by atoms with E-state index in [0.29, 0.717) is 18.4 Å². The van der Waals surface area contributed by atoms with Crippen molar-refractivity contribution in [1.29, 1.82) is 0 Å². The molecule has 0 aliphatic carbocycles. The van der Waals surface area contributed by atoms with Crippen LogP contribution in [0.2, 0.25) is 0 Å². The SMILES string of the molecule is CC[C@@H]1c2nncn2-c2cnc(-n3ccnc3-c3ccc(F)cc3)nc2N1C1CCOC1. The van der Waals surface area contributed by atoms with Gasteiger partial charge in [-0.3, -0.25) is 9.13 Å². The summed E-state index contributed by atoms with van der Waals surface area (Å²) >= 11 is 0. The first-order valence-electron chi connectivity index (χ1n) is 10.7. The Morgan fingerprint density at radius 2 is 2.03 bits per heavy atom. The fourth-order valence-corrected chi connectivity index (χ4v) is 4.59. The summed E-state index contributed by atoms with van der Waals surface area (Å²) in [5, 5.41) is 8.54. The lowest BCUT2D eigenvalue weighted by atomic mass is 10.1. The number of aromatic nitrogens is 7.